The summed E-state index contributed by atoms with van der Waals surface area (Å²) < 4.78 is 18.0. The van der Waals surface area contributed by atoms with Crippen molar-refractivity contribution in [2.24, 2.45) is 0 Å². The van der Waals surface area contributed by atoms with Gasteiger partial charge in [-0.05, 0) is 30.3 Å². The van der Waals surface area contributed by atoms with Crippen molar-refractivity contribution in [1.29, 1.82) is 0 Å². The lowest BCUT2D eigenvalue weighted by Crippen LogP contribution is -2.13. The number of anilines is 1. The molecule has 3 aromatic rings. The Morgan fingerprint density at radius 3 is 2.78 bits per heavy atom. The molecule has 0 unspecified atom stereocenters. The quantitative estimate of drug-likeness (QED) is 0.773. The fourth-order valence-electron chi connectivity index (χ4n) is 1.99. The van der Waals surface area contributed by atoms with Crippen LogP contribution < -0.4 is 5.32 Å². The van der Waals surface area contributed by atoms with Gasteiger partial charge in [0.05, 0.1) is 18.5 Å². The molecular weight excluding hydrogens is 301 g/mol. The molecule has 23 heavy (non-hydrogen) atoms. The van der Waals surface area contributed by atoms with Crippen molar-refractivity contribution in [1.82, 2.24) is 10.1 Å². The van der Waals surface area contributed by atoms with Crippen LogP contribution in [0.1, 0.15) is 16.1 Å². The van der Waals surface area contributed by atoms with Gasteiger partial charge < -0.3 is 14.9 Å². The first-order chi connectivity index (χ1) is 11.2. The largest absolute Gasteiger partial charge is 0.392 e. The second-order valence-electron chi connectivity index (χ2n) is 4.73. The summed E-state index contributed by atoms with van der Waals surface area (Å²) in [4.78, 5) is 16.1. The smallest absolute Gasteiger partial charge is 0.277 e. The number of pyridine rings is 1. The van der Waals surface area contributed by atoms with E-state index in [9.17, 15) is 14.3 Å². The summed E-state index contributed by atoms with van der Waals surface area (Å²) in [7, 11) is 0. The molecule has 0 saturated carbocycles. The van der Waals surface area contributed by atoms with Crippen molar-refractivity contribution < 1.29 is 18.8 Å². The zero-order chi connectivity index (χ0) is 16.2. The highest BCUT2D eigenvalue weighted by Crippen LogP contribution is 2.21. The summed E-state index contributed by atoms with van der Waals surface area (Å²) in [6.07, 6.45) is 2.95. The number of halogens is 1. The van der Waals surface area contributed by atoms with E-state index in [0.717, 1.165) is 0 Å². The van der Waals surface area contributed by atoms with Gasteiger partial charge in [0.25, 0.3) is 5.91 Å². The van der Waals surface area contributed by atoms with Gasteiger partial charge in [0, 0.05) is 23.4 Å². The van der Waals surface area contributed by atoms with E-state index in [1.54, 1.807) is 6.07 Å². The molecule has 2 N–H and O–H groups in total. The SMILES string of the molecule is O=C(Nc1cnccc1CO)c1cc(-c2ccc(F)cc2)on1. The maximum Gasteiger partial charge on any atom is 0.277 e. The number of aliphatic hydroxyl groups excluding tert-OH is 1. The third-order valence-electron chi connectivity index (χ3n) is 3.20. The second kappa shape index (κ2) is 6.37. The van der Waals surface area contributed by atoms with Crippen molar-refractivity contribution in [3.63, 3.8) is 0 Å². The highest BCUT2D eigenvalue weighted by atomic mass is 19.1. The van der Waals surface area contributed by atoms with Crippen LogP contribution >= 0.6 is 0 Å². The maximum absolute atomic E-state index is 12.9. The fraction of sp³-hybridized carbons (Fsp3) is 0.0625. The van der Waals surface area contributed by atoms with Crippen LogP contribution in [-0.4, -0.2) is 21.2 Å². The van der Waals surface area contributed by atoms with E-state index in [2.05, 4.69) is 15.5 Å². The highest BCUT2D eigenvalue weighted by molar-refractivity contribution is 6.03. The van der Waals surface area contributed by atoms with Crippen molar-refractivity contribution in [2.75, 3.05) is 5.32 Å². The Morgan fingerprint density at radius 2 is 2.04 bits per heavy atom. The van der Waals surface area contributed by atoms with E-state index in [1.807, 2.05) is 0 Å². The zero-order valence-corrected chi connectivity index (χ0v) is 11.9. The van der Waals surface area contributed by atoms with Crippen LogP contribution in [0.25, 0.3) is 11.3 Å². The number of carbonyl (C=O) groups is 1. The van der Waals surface area contributed by atoms with Gasteiger partial charge >= 0.3 is 0 Å². The first-order valence-electron chi connectivity index (χ1n) is 6.75. The Balaban J connectivity index is 1.80. The van der Waals surface area contributed by atoms with Gasteiger partial charge in [0.15, 0.2) is 11.5 Å². The molecule has 0 atom stereocenters. The molecule has 6 nitrogen and oxygen atoms in total. The Kier molecular flexibility index (Phi) is 4.11. The molecule has 0 aliphatic heterocycles. The molecule has 0 saturated heterocycles. The summed E-state index contributed by atoms with van der Waals surface area (Å²) in [6.45, 7) is -0.224. The van der Waals surface area contributed by atoms with Gasteiger partial charge in [-0.3, -0.25) is 9.78 Å². The van der Waals surface area contributed by atoms with Gasteiger partial charge in [0.1, 0.15) is 5.82 Å². The number of rotatable bonds is 4. The summed E-state index contributed by atoms with van der Waals surface area (Å²) >= 11 is 0. The first kappa shape index (κ1) is 14.9. The topological polar surface area (TPSA) is 88.2 Å². The summed E-state index contributed by atoms with van der Waals surface area (Å²) in [5.74, 6) is -0.507. The molecule has 2 heterocycles. The number of aliphatic hydroxyl groups is 1. The Hall–Kier alpha value is -3.06. The van der Waals surface area contributed by atoms with E-state index in [4.69, 9.17) is 4.52 Å². The normalized spacial score (nSPS) is 10.5. The highest BCUT2D eigenvalue weighted by Gasteiger charge is 2.15. The number of hydrogen-bond donors (Lipinski definition) is 2. The standard InChI is InChI=1S/C16H12FN3O3/c17-12-3-1-10(2-4-12)15-7-13(20-23-15)16(22)19-14-8-18-6-5-11(14)9-21/h1-8,21H,9H2,(H,19,22). The number of amides is 1. The number of aromatic nitrogens is 2. The Morgan fingerprint density at radius 1 is 1.26 bits per heavy atom. The molecule has 7 heteroatoms. The molecule has 0 aliphatic carbocycles. The monoisotopic (exact) mass is 313 g/mol. The van der Waals surface area contributed by atoms with Gasteiger partial charge in [-0.2, -0.15) is 0 Å². The lowest BCUT2D eigenvalue weighted by Gasteiger charge is -2.06. The van der Waals surface area contributed by atoms with Crippen LogP contribution in [0, 0.1) is 5.82 Å². The molecule has 116 valence electrons. The molecule has 0 radical (unpaired) electrons. The van der Waals surface area contributed by atoms with Crippen molar-refractivity contribution >= 4 is 11.6 Å². The number of nitrogens with one attached hydrogen (secondary N) is 1. The maximum atomic E-state index is 12.9. The van der Waals surface area contributed by atoms with Crippen molar-refractivity contribution in [3.8, 4) is 11.3 Å². The van der Waals surface area contributed by atoms with Crippen LogP contribution in [0.2, 0.25) is 0 Å². The van der Waals surface area contributed by atoms with Gasteiger partial charge in [-0.25, -0.2) is 4.39 Å². The second-order valence-corrected chi connectivity index (χ2v) is 4.73. The minimum Gasteiger partial charge on any atom is -0.392 e. The third kappa shape index (κ3) is 3.24. The lowest BCUT2D eigenvalue weighted by atomic mass is 10.1. The minimum atomic E-state index is -0.496. The van der Waals surface area contributed by atoms with E-state index in [1.165, 1.54) is 42.7 Å². The summed E-state index contributed by atoms with van der Waals surface area (Å²) in [5.41, 5.74) is 1.61. The van der Waals surface area contributed by atoms with Crippen LogP contribution in [0.5, 0.6) is 0 Å². The molecule has 0 bridgehead atoms. The van der Waals surface area contributed by atoms with Crippen LogP contribution in [-0.2, 0) is 6.61 Å². The molecule has 1 aromatic carbocycles. The van der Waals surface area contributed by atoms with Crippen molar-refractivity contribution in [3.05, 3.63) is 65.9 Å². The predicted octanol–water partition coefficient (Wildman–Crippen LogP) is 2.62. The van der Waals surface area contributed by atoms with E-state index < -0.39 is 5.91 Å². The Bertz CT molecular complexity index is 831. The fourth-order valence-corrected chi connectivity index (χ4v) is 1.99. The third-order valence-corrected chi connectivity index (χ3v) is 3.20. The zero-order valence-electron chi connectivity index (χ0n) is 11.9. The summed E-state index contributed by atoms with van der Waals surface area (Å²) in [5, 5.41) is 15.5. The molecule has 0 aliphatic rings. The van der Waals surface area contributed by atoms with E-state index in [0.29, 0.717) is 22.6 Å². The van der Waals surface area contributed by atoms with Gasteiger partial charge in [-0.1, -0.05) is 5.16 Å². The molecule has 3 rings (SSSR count). The minimum absolute atomic E-state index is 0.0667. The van der Waals surface area contributed by atoms with Crippen LogP contribution in [0.15, 0.2) is 53.3 Å². The average molecular weight is 313 g/mol. The van der Waals surface area contributed by atoms with Crippen LogP contribution in [0.4, 0.5) is 10.1 Å². The molecule has 1 amide bonds. The molecule has 0 fully saturated rings. The van der Waals surface area contributed by atoms with Gasteiger partial charge in [-0.15, -0.1) is 0 Å². The number of hydrogen-bond acceptors (Lipinski definition) is 5. The molecular formula is C16H12FN3O3. The Labute approximate surface area is 130 Å². The lowest BCUT2D eigenvalue weighted by molar-refractivity contribution is 0.101. The number of carbonyl (C=O) groups excluding carboxylic acids is 1. The number of nitrogens with zero attached hydrogens (tertiary/aromatic N) is 2. The summed E-state index contributed by atoms with van der Waals surface area (Å²) in [6, 6.07) is 8.70. The molecule has 2 aromatic heterocycles. The average Bonchev–Trinajstić information content (AvgIpc) is 3.06. The van der Waals surface area contributed by atoms with Gasteiger partial charge in [0.2, 0.25) is 0 Å². The van der Waals surface area contributed by atoms with Crippen molar-refractivity contribution in [2.45, 2.75) is 6.61 Å². The van der Waals surface area contributed by atoms with E-state index >= 15 is 0 Å². The molecule has 0 spiro atoms. The van der Waals surface area contributed by atoms with Crippen LogP contribution in [0.3, 0.4) is 0 Å². The first-order valence-corrected chi connectivity index (χ1v) is 6.75. The predicted molar refractivity (Wildman–Crippen MR) is 80.0 cm³/mol. The van der Waals surface area contributed by atoms with E-state index in [-0.39, 0.29) is 18.1 Å². The number of benzene rings is 1.